The minimum absolute atomic E-state index is 0.257. The van der Waals surface area contributed by atoms with Gasteiger partial charge in [0.15, 0.2) is 6.23 Å². The molecule has 2 saturated heterocycles. The van der Waals surface area contributed by atoms with Gasteiger partial charge in [-0.1, -0.05) is 12.1 Å². The lowest BCUT2D eigenvalue weighted by Gasteiger charge is -2.40. The smallest absolute Gasteiger partial charge is 0.330 e. The lowest BCUT2D eigenvalue weighted by atomic mass is 10.1. The average molecular weight is 417 g/mol. The summed E-state index contributed by atoms with van der Waals surface area (Å²) in [7, 11) is 1.58. The first-order valence-electron chi connectivity index (χ1n) is 9.57. The third kappa shape index (κ3) is 3.76. The first-order valence-corrected chi connectivity index (χ1v) is 9.57. The number of aromatic nitrogens is 2. The molecule has 4 atom stereocenters. The van der Waals surface area contributed by atoms with Crippen LogP contribution in [0.2, 0.25) is 0 Å². The Morgan fingerprint density at radius 1 is 1.23 bits per heavy atom. The monoisotopic (exact) mass is 417 g/mol. The van der Waals surface area contributed by atoms with E-state index in [2.05, 4.69) is 4.98 Å². The van der Waals surface area contributed by atoms with Gasteiger partial charge < -0.3 is 19.0 Å². The summed E-state index contributed by atoms with van der Waals surface area (Å²) in [5.41, 5.74) is 0.199. The molecule has 1 aromatic heterocycles. The van der Waals surface area contributed by atoms with Gasteiger partial charge in [0.1, 0.15) is 18.1 Å². The molecule has 2 aliphatic rings. The fourth-order valence-corrected chi connectivity index (χ4v) is 3.81. The largest absolute Gasteiger partial charge is 0.497 e. The van der Waals surface area contributed by atoms with E-state index in [9.17, 15) is 14.4 Å². The number of carbonyl (C=O) groups excluding carboxylic acids is 1. The van der Waals surface area contributed by atoms with E-state index < -0.39 is 35.8 Å². The van der Waals surface area contributed by atoms with Gasteiger partial charge in [0.25, 0.3) is 5.56 Å². The Bertz CT molecular complexity index is 1050. The van der Waals surface area contributed by atoms with Gasteiger partial charge in [-0.2, -0.15) is 0 Å². The third-order valence-electron chi connectivity index (χ3n) is 5.27. The van der Waals surface area contributed by atoms with Gasteiger partial charge in [-0.05, 0) is 24.6 Å². The summed E-state index contributed by atoms with van der Waals surface area (Å²) in [5, 5.41) is 1.49. The van der Waals surface area contributed by atoms with Crippen molar-refractivity contribution in [1.82, 2.24) is 14.6 Å². The summed E-state index contributed by atoms with van der Waals surface area (Å²) < 4.78 is 18.5. The predicted molar refractivity (Wildman–Crippen MR) is 104 cm³/mol. The molecule has 0 bridgehead atoms. The van der Waals surface area contributed by atoms with Crippen LogP contribution in [0.1, 0.15) is 36.9 Å². The number of hydroxylamine groups is 2. The zero-order valence-corrected chi connectivity index (χ0v) is 16.9. The molecule has 0 amide bonds. The van der Waals surface area contributed by atoms with Crippen LogP contribution in [0.5, 0.6) is 5.75 Å². The molecule has 10 heteroatoms. The molecule has 2 fully saturated rings. The summed E-state index contributed by atoms with van der Waals surface area (Å²) in [6, 6.07) is 6.94. The maximum absolute atomic E-state index is 12.3. The Morgan fingerprint density at radius 2 is 1.97 bits per heavy atom. The third-order valence-corrected chi connectivity index (χ3v) is 5.27. The van der Waals surface area contributed by atoms with Crippen molar-refractivity contribution in [2.24, 2.45) is 0 Å². The number of ether oxygens (including phenoxy) is 3. The van der Waals surface area contributed by atoms with Crippen LogP contribution in [0, 0.1) is 6.92 Å². The first-order chi connectivity index (χ1) is 14.4. The van der Waals surface area contributed by atoms with Crippen molar-refractivity contribution >= 4 is 5.97 Å². The molecule has 30 heavy (non-hydrogen) atoms. The molecule has 1 N–H and O–H groups in total. The number of fused-ring (bicyclic) bond motifs is 1. The van der Waals surface area contributed by atoms with E-state index >= 15 is 0 Å². The molecule has 1 aromatic carbocycles. The van der Waals surface area contributed by atoms with Gasteiger partial charge in [0.05, 0.1) is 19.8 Å². The molecule has 10 nitrogen and oxygen atoms in total. The number of hydrogen-bond donors (Lipinski definition) is 1. The number of rotatable bonds is 4. The zero-order valence-electron chi connectivity index (χ0n) is 16.9. The van der Waals surface area contributed by atoms with Crippen LogP contribution in [0.25, 0.3) is 0 Å². The molecule has 0 spiro atoms. The number of aryl methyl sites for hydroxylation is 1. The van der Waals surface area contributed by atoms with Crippen LogP contribution >= 0.6 is 0 Å². The normalized spacial score (nSPS) is 26.2. The Morgan fingerprint density at radius 3 is 2.63 bits per heavy atom. The highest BCUT2D eigenvalue weighted by Crippen LogP contribution is 2.40. The van der Waals surface area contributed by atoms with Crippen molar-refractivity contribution in [3.05, 3.63) is 62.4 Å². The Kier molecular flexibility index (Phi) is 5.46. The van der Waals surface area contributed by atoms with E-state index in [1.54, 1.807) is 26.2 Å². The topological polar surface area (TPSA) is 112 Å². The summed E-state index contributed by atoms with van der Waals surface area (Å²) in [6.07, 6.45) is 0.181. The van der Waals surface area contributed by atoms with Crippen molar-refractivity contribution < 1.29 is 23.8 Å². The Labute approximate surface area is 171 Å². The highest BCUT2D eigenvalue weighted by Gasteiger charge is 2.48. The minimum atomic E-state index is -0.627. The van der Waals surface area contributed by atoms with Crippen molar-refractivity contribution in [2.45, 2.75) is 44.9 Å². The van der Waals surface area contributed by atoms with Crippen molar-refractivity contribution in [1.29, 1.82) is 0 Å². The fourth-order valence-electron chi connectivity index (χ4n) is 3.81. The van der Waals surface area contributed by atoms with Gasteiger partial charge in [0, 0.05) is 25.1 Å². The number of nitrogens with one attached hydrogen (secondary N) is 1. The lowest BCUT2D eigenvalue weighted by molar-refractivity contribution is -0.298. The summed E-state index contributed by atoms with van der Waals surface area (Å²) >= 11 is 0. The van der Waals surface area contributed by atoms with Crippen LogP contribution in [-0.4, -0.2) is 46.4 Å². The molecule has 0 saturated carbocycles. The van der Waals surface area contributed by atoms with E-state index in [4.69, 9.17) is 19.0 Å². The van der Waals surface area contributed by atoms with E-state index in [0.29, 0.717) is 17.7 Å². The molecule has 0 aliphatic carbocycles. The van der Waals surface area contributed by atoms with Crippen LogP contribution in [0.4, 0.5) is 0 Å². The molecular weight excluding hydrogens is 394 g/mol. The maximum Gasteiger partial charge on any atom is 0.330 e. The molecule has 3 heterocycles. The fraction of sp³-hybridized carbons (Fsp3) is 0.450. The van der Waals surface area contributed by atoms with Crippen LogP contribution in [-0.2, 0) is 19.1 Å². The van der Waals surface area contributed by atoms with E-state index in [1.807, 2.05) is 12.1 Å². The quantitative estimate of drug-likeness (QED) is 0.785. The Hall–Kier alpha value is -2.95. The highest BCUT2D eigenvalue weighted by atomic mass is 16.7. The van der Waals surface area contributed by atoms with Crippen LogP contribution < -0.4 is 16.0 Å². The lowest BCUT2D eigenvalue weighted by Crippen LogP contribution is -2.51. The van der Waals surface area contributed by atoms with Crippen LogP contribution in [0.15, 0.2) is 40.1 Å². The standard InChI is InChI=1S/C20H23N3O7/c1-11-9-22(20(26)21-18(11)25)17-8-15-16(29-17)10-28-19(23(15)30-12(2)24)13-4-6-14(27-3)7-5-13/h4-7,9,15-17,19H,8,10H2,1-3H3,(H,21,25,26). The summed E-state index contributed by atoms with van der Waals surface area (Å²) in [5.74, 6) is 0.210. The number of carbonyl (C=O) groups is 1. The second kappa shape index (κ2) is 8.05. The Balaban J connectivity index is 1.63. The molecule has 2 aliphatic heterocycles. The number of hydrogen-bond acceptors (Lipinski definition) is 8. The minimum Gasteiger partial charge on any atom is -0.497 e. The second-order valence-corrected chi connectivity index (χ2v) is 7.31. The van der Waals surface area contributed by atoms with Crippen molar-refractivity contribution in [3.8, 4) is 5.75 Å². The molecule has 160 valence electrons. The number of aromatic amines is 1. The zero-order chi connectivity index (χ0) is 21.4. The maximum atomic E-state index is 12.3. The summed E-state index contributed by atoms with van der Waals surface area (Å²) in [4.78, 5) is 43.5. The van der Waals surface area contributed by atoms with Gasteiger partial charge in [0.2, 0.25) is 0 Å². The first kappa shape index (κ1) is 20.3. The van der Waals surface area contributed by atoms with Crippen molar-refractivity contribution in [2.75, 3.05) is 13.7 Å². The molecule has 4 unspecified atom stereocenters. The molecule has 4 rings (SSSR count). The SMILES string of the molecule is COc1ccc(C2OCC3OC(n4cc(C)c(=O)[nH]c4=O)CC3N2OC(C)=O)cc1. The van der Waals surface area contributed by atoms with Crippen molar-refractivity contribution in [3.63, 3.8) is 0 Å². The summed E-state index contributed by atoms with van der Waals surface area (Å²) in [6.45, 7) is 3.19. The van der Waals surface area contributed by atoms with Crippen LogP contribution in [0.3, 0.4) is 0 Å². The number of methoxy groups -OCH3 is 1. The second-order valence-electron chi connectivity index (χ2n) is 7.31. The molecule has 0 radical (unpaired) electrons. The van der Waals surface area contributed by atoms with E-state index in [0.717, 1.165) is 5.56 Å². The average Bonchev–Trinajstić information content (AvgIpc) is 3.15. The number of nitrogens with zero attached hydrogens (tertiary/aromatic N) is 2. The van der Waals surface area contributed by atoms with Gasteiger partial charge in [-0.25, -0.2) is 4.79 Å². The van der Waals surface area contributed by atoms with Gasteiger partial charge in [-0.15, -0.1) is 5.06 Å². The highest BCUT2D eigenvalue weighted by molar-refractivity contribution is 5.65. The predicted octanol–water partition coefficient (Wildman–Crippen LogP) is 1.02. The number of H-pyrrole nitrogens is 1. The van der Waals surface area contributed by atoms with Gasteiger partial charge in [-0.3, -0.25) is 19.1 Å². The molecule has 2 aromatic rings. The molecular formula is C20H23N3O7. The van der Waals surface area contributed by atoms with E-state index in [-0.39, 0.29) is 12.6 Å². The van der Waals surface area contributed by atoms with E-state index in [1.165, 1.54) is 22.8 Å². The van der Waals surface area contributed by atoms with Gasteiger partial charge >= 0.3 is 11.7 Å². The number of benzene rings is 1.